The van der Waals surface area contributed by atoms with E-state index in [9.17, 15) is 14.4 Å². The highest BCUT2D eigenvalue weighted by atomic mass is 16.6. The molecule has 1 N–H and O–H groups in total. The lowest BCUT2D eigenvalue weighted by molar-refractivity contribution is -0.165. The van der Waals surface area contributed by atoms with Crippen LogP contribution in [0.1, 0.15) is 69.2 Å². The summed E-state index contributed by atoms with van der Waals surface area (Å²) in [5, 5.41) is 2.71. The first kappa shape index (κ1) is 29.0. The van der Waals surface area contributed by atoms with Crippen molar-refractivity contribution in [1.82, 2.24) is 10.2 Å². The van der Waals surface area contributed by atoms with Crippen LogP contribution in [0.25, 0.3) is 0 Å². The van der Waals surface area contributed by atoms with Gasteiger partial charge in [0, 0.05) is 24.1 Å². The molecule has 0 unspecified atom stereocenters. The summed E-state index contributed by atoms with van der Waals surface area (Å²) >= 11 is 0. The minimum absolute atomic E-state index is 0.171. The fraction of sp³-hybridized carbons (Fsp3) is 0.469. The quantitative estimate of drug-likeness (QED) is 0.308. The number of esters is 1. The van der Waals surface area contributed by atoms with Crippen molar-refractivity contribution in [3.8, 4) is 11.8 Å². The van der Waals surface area contributed by atoms with Crippen LogP contribution in [0.4, 0.5) is 9.59 Å². The number of ether oxygens (including phenoxy) is 3. The zero-order valence-electron chi connectivity index (χ0n) is 23.9. The minimum Gasteiger partial charge on any atom is -0.453 e. The number of benzene rings is 2. The molecule has 40 heavy (non-hydrogen) atoms. The molecule has 0 radical (unpaired) electrons. The molecule has 2 aromatic carbocycles. The molecule has 2 aliphatic rings. The van der Waals surface area contributed by atoms with Gasteiger partial charge < -0.3 is 24.4 Å². The molecule has 4 rings (SSSR count). The molecule has 1 saturated carbocycles. The number of amides is 2. The van der Waals surface area contributed by atoms with E-state index in [2.05, 4.69) is 17.2 Å². The highest BCUT2D eigenvalue weighted by Gasteiger charge is 2.54. The van der Waals surface area contributed by atoms with E-state index in [-0.39, 0.29) is 12.0 Å². The van der Waals surface area contributed by atoms with Gasteiger partial charge in [0.1, 0.15) is 5.60 Å². The first-order valence-corrected chi connectivity index (χ1v) is 13.7. The van der Waals surface area contributed by atoms with Gasteiger partial charge in [0.25, 0.3) is 0 Å². The van der Waals surface area contributed by atoms with E-state index < -0.39 is 35.4 Å². The molecule has 8 heteroatoms. The summed E-state index contributed by atoms with van der Waals surface area (Å²) < 4.78 is 16.9. The normalized spacial score (nSPS) is 22.7. The van der Waals surface area contributed by atoms with Gasteiger partial charge in [-0.25, -0.2) is 14.4 Å². The molecule has 1 aliphatic heterocycles. The molecule has 0 bridgehead atoms. The van der Waals surface area contributed by atoms with Gasteiger partial charge in [-0.05, 0) is 82.6 Å². The molecular weight excluding hydrogens is 508 g/mol. The van der Waals surface area contributed by atoms with Crippen LogP contribution < -0.4 is 5.32 Å². The summed E-state index contributed by atoms with van der Waals surface area (Å²) in [7, 11) is 1.37. The van der Waals surface area contributed by atoms with Crippen LogP contribution in [0.3, 0.4) is 0 Å². The van der Waals surface area contributed by atoms with E-state index in [1.165, 1.54) is 7.11 Å². The Morgan fingerprint density at radius 1 is 1.07 bits per heavy atom. The highest BCUT2D eigenvalue weighted by molar-refractivity contribution is 5.83. The number of likely N-dealkylation sites (tertiary alicyclic amines) is 1. The van der Waals surface area contributed by atoms with Crippen molar-refractivity contribution in [2.75, 3.05) is 13.7 Å². The fourth-order valence-corrected chi connectivity index (χ4v) is 5.65. The predicted octanol–water partition coefficient (Wildman–Crippen LogP) is 5.54. The van der Waals surface area contributed by atoms with Crippen molar-refractivity contribution in [1.29, 1.82) is 0 Å². The molecule has 2 fully saturated rings. The number of hydrogen-bond donors (Lipinski definition) is 1. The van der Waals surface area contributed by atoms with Crippen LogP contribution in [-0.2, 0) is 19.0 Å². The molecule has 0 spiro atoms. The number of aryl methyl sites for hydroxylation is 1. The van der Waals surface area contributed by atoms with Crippen LogP contribution >= 0.6 is 0 Å². The standard InChI is InChI=1S/C32H38N2O6/c1-22-11-9-12-23(21-22)16-19-32(18-10-15-26-25(32)17-20-34(26)30(37)38-5)39-28(35)27(24-13-7-6-8-14-24)33-29(36)40-31(2,3)4/h6-9,11-14,21,25-27H,10,15,17-18,20H2,1-5H3,(H,33,36)/t25-,26-,27+,32-/m1/s1. The van der Waals surface area contributed by atoms with Gasteiger partial charge in [-0.2, -0.15) is 0 Å². The molecular formula is C32H38N2O6. The summed E-state index contributed by atoms with van der Waals surface area (Å²) in [6.07, 6.45) is 1.49. The van der Waals surface area contributed by atoms with E-state index in [1.54, 1.807) is 49.9 Å². The minimum atomic E-state index is -1.16. The number of nitrogens with zero attached hydrogens (tertiary/aromatic N) is 1. The molecule has 1 aliphatic carbocycles. The Kier molecular flexibility index (Phi) is 8.73. The smallest absolute Gasteiger partial charge is 0.409 e. The average Bonchev–Trinajstić information content (AvgIpc) is 3.35. The fourth-order valence-electron chi connectivity index (χ4n) is 5.65. The second kappa shape index (κ2) is 12.0. The van der Waals surface area contributed by atoms with Crippen LogP contribution in [0, 0.1) is 24.7 Å². The Hall–Kier alpha value is -3.99. The van der Waals surface area contributed by atoms with Gasteiger partial charge in [0.2, 0.25) is 0 Å². The Labute approximate surface area is 236 Å². The van der Waals surface area contributed by atoms with E-state index in [0.29, 0.717) is 31.4 Å². The molecule has 1 saturated heterocycles. The Morgan fingerprint density at radius 2 is 1.82 bits per heavy atom. The number of methoxy groups -OCH3 is 1. The molecule has 0 aromatic heterocycles. The summed E-state index contributed by atoms with van der Waals surface area (Å²) in [6.45, 7) is 7.76. The maximum Gasteiger partial charge on any atom is 0.409 e. The Morgan fingerprint density at radius 3 is 2.50 bits per heavy atom. The van der Waals surface area contributed by atoms with E-state index >= 15 is 0 Å². The Bertz CT molecular complexity index is 1290. The lowest BCUT2D eigenvalue weighted by Gasteiger charge is -2.43. The largest absolute Gasteiger partial charge is 0.453 e. The highest BCUT2D eigenvalue weighted by Crippen LogP contribution is 2.45. The first-order chi connectivity index (χ1) is 19.0. The summed E-state index contributed by atoms with van der Waals surface area (Å²) in [6, 6.07) is 15.5. The SMILES string of the molecule is COC(=O)N1CC[C@@H]2[C@H]1CCC[C@]2(C#Cc1cccc(C)c1)OC(=O)[C@@H](NC(=O)OC(C)(C)C)c1ccccc1. The monoisotopic (exact) mass is 546 g/mol. The summed E-state index contributed by atoms with van der Waals surface area (Å²) in [5.41, 5.74) is 0.549. The molecule has 4 atom stereocenters. The van der Waals surface area contributed by atoms with Crippen LogP contribution in [-0.4, -0.2) is 54.0 Å². The molecule has 212 valence electrons. The van der Waals surface area contributed by atoms with Gasteiger partial charge in [-0.3, -0.25) is 0 Å². The van der Waals surface area contributed by atoms with Crippen molar-refractivity contribution in [3.63, 3.8) is 0 Å². The summed E-state index contributed by atoms with van der Waals surface area (Å²) in [5.74, 6) is 5.75. The van der Waals surface area contributed by atoms with Crippen molar-refractivity contribution in [2.45, 2.75) is 76.7 Å². The van der Waals surface area contributed by atoms with Crippen molar-refractivity contribution >= 4 is 18.2 Å². The van der Waals surface area contributed by atoms with Gasteiger partial charge in [-0.15, -0.1) is 0 Å². The third-order valence-electron chi connectivity index (χ3n) is 7.35. The average molecular weight is 547 g/mol. The summed E-state index contributed by atoms with van der Waals surface area (Å²) in [4.78, 5) is 41.0. The molecule has 8 nitrogen and oxygen atoms in total. The lowest BCUT2D eigenvalue weighted by Crippen LogP contribution is -2.53. The number of alkyl carbamates (subject to hydrolysis) is 1. The maximum atomic E-state index is 14.0. The van der Waals surface area contributed by atoms with Crippen molar-refractivity contribution in [2.24, 2.45) is 5.92 Å². The van der Waals surface area contributed by atoms with Gasteiger partial charge in [-0.1, -0.05) is 48.4 Å². The zero-order valence-corrected chi connectivity index (χ0v) is 23.9. The topological polar surface area (TPSA) is 94.2 Å². The van der Waals surface area contributed by atoms with E-state index in [0.717, 1.165) is 17.5 Å². The number of fused-ring (bicyclic) bond motifs is 1. The van der Waals surface area contributed by atoms with Gasteiger partial charge >= 0.3 is 18.2 Å². The third kappa shape index (κ3) is 6.77. The maximum absolute atomic E-state index is 14.0. The van der Waals surface area contributed by atoms with E-state index in [4.69, 9.17) is 14.2 Å². The predicted molar refractivity (Wildman–Crippen MR) is 150 cm³/mol. The Balaban J connectivity index is 1.71. The van der Waals surface area contributed by atoms with Crippen molar-refractivity contribution in [3.05, 3.63) is 71.3 Å². The second-order valence-corrected chi connectivity index (χ2v) is 11.4. The third-order valence-corrected chi connectivity index (χ3v) is 7.35. The number of carbonyl (C=O) groups is 3. The van der Waals surface area contributed by atoms with Crippen LogP contribution in [0.5, 0.6) is 0 Å². The van der Waals surface area contributed by atoms with Gasteiger partial charge in [0.15, 0.2) is 11.6 Å². The number of nitrogens with one attached hydrogen (secondary N) is 1. The second-order valence-electron chi connectivity index (χ2n) is 11.4. The number of hydrogen-bond acceptors (Lipinski definition) is 6. The molecule has 1 heterocycles. The first-order valence-electron chi connectivity index (χ1n) is 13.7. The van der Waals surface area contributed by atoms with Crippen LogP contribution in [0.2, 0.25) is 0 Å². The number of rotatable bonds is 4. The molecule has 2 amide bonds. The van der Waals surface area contributed by atoms with Crippen molar-refractivity contribution < 1.29 is 28.6 Å². The molecule has 2 aromatic rings. The number of carbonyl (C=O) groups excluding carboxylic acids is 3. The zero-order chi connectivity index (χ0) is 28.9. The van der Waals surface area contributed by atoms with E-state index in [1.807, 2.05) is 37.3 Å². The lowest BCUT2D eigenvalue weighted by atomic mass is 9.72. The van der Waals surface area contributed by atoms with Gasteiger partial charge in [0.05, 0.1) is 7.11 Å². The van der Waals surface area contributed by atoms with Crippen LogP contribution in [0.15, 0.2) is 54.6 Å².